The first-order chi connectivity index (χ1) is 9.94. The van der Waals surface area contributed by atoms with E-state index in [1.807, 2.05) is 0 Å². The van der Waals surface area contributed by atoms with Crippen molar-refractivity contribution in [2.75, 3.05) is 0 Å². The van der Waals surface area contributed by atoms with E-state index in [9.17, 15) is 9.90 Å². The third-order valence-electron chi connectivity index (χ3n) is 3.13. The predicted molar refractivity (Wildman–Crippen MR) is 87.1 cm³/mol. The van der Waals surface area contributed by atoms with E-state index in [2.05, 4.69) is 25.9 Å². The van der Waals surface area contributed by atoms with Gasteiger partial charge in [0.1, 0.15) is 6.10 Å². The lowest BCUT2D eigenvalue weighted by Gasteiger charge is -2.14. The fourth-order valence-corrected chi connectivity index (χ4v) is 3.30. The van der Waals surface area contributed by atoms with E-state index in [-0.39, 0.29) is 5.69 Å². The molecule has 0 spiro atoms. The second-order valence-electron chi connectivity index (χ2n) is 4.60. The third kappa shape index (κ3) is 2.87. The Balaban J connectivity index is 2.13. The molecule has 0 aliphatic carbocycles. The summed E-state index contributed by atoms with van der Waals surface area (Å²) in [6.07, 6.45) is -0.918. The highest BCUT2D eigenvalue weighted by Gasteiger charge is 2.16. The number of aliphatic hydroxyl groups is 1. The van der Waals surface area contributed by atoms with Crippen LogP contribution in [0.4, 0.5) is 0 Å². The number of H-pyrrole nitrogens is 2. The summed E-state index contributed by atoms with van der Waals surface area (Å²) in [4.78, 5) is 16.6. The number of imidazole rings is 1. The molecule has 1 heterocycles. The molecule has 3 aromatic rings. The summed E-state index contributed by atoms with van der Waals surface area (Å²) < 4.78 is 0.675. The van der Waals surface area contributed by atoms with E-state index in [1.54, 1.807) is 30.3 Å². The van der Waals surface area contributed by atoms with E-state index >= 15 is 0 Å². The van der Waals surface area contributed by atoms with Gasteiger partial charge in [-0.15, -0.1) is 0 Å². The van der Waals surface area contributed by atoms with Gasteiger partial charge in [-0.05, 0) is 35.9 Å². The lowest BCUT2D eigenvalue weighted by Crippen LogP contribution is -2.01. The highest BCUT2D eigenvalue weighted by Crippen LogP contribution is 2.33. The standard InChI is InChI=1S/C14H9BrCl2N2O2/c15-10-5-12-11(18-14(21)19-12)4-9(10)13(20)6-1-7(16)3-8(17)2-6/h1-5,13,20H,(H2,18,19,21). The molecule has 7 heteroatoms. The minimum atomic E-state index is -0.918. The van der Waals surface area contributed by atoms with Crippen LogP contribution in [0.15, 0.2) is 39.6 Å². The molecule has 0 bridgehead atoms. The molecule has 2 aromatic carbocycles. The number of fused-ring (bicyclic) bond motifs is 1. The number of hydrogen-bond acceptors (Lipinski definition) is 2. The summed E-state index contributed by atoms with van der Waals surface area (Å²) >= 11 is 15.3. The first-order valence-corrected chi connectivity index (χ1v) is 7.54. The summed E-state index contributed by atoms with van der Waals surface area (Å²) in [5, 5.41) is 11.4. The Morgan fingerprint density at radius 3 is 2.19 bits per heavy atom. The molecule has 1 unspecified atom stereocenters. The highest BCUT2D eigenvalue weighted by molar-refractivity contribution is 9.10. The van der Waals surface area contributed by atoms with Crippen molar-refractivity contribution in [3.05, 3.63) is 66.5 Å². The van der Waals surface area contributed by atoms with Gasteiger partial charge in [0.05, 0.1) is 11.0 Å². The molecule has 1 atom stereocenters. The Morgan fingerprint density at radius 2 is 1.57 bits per heavy atom. The Kier molecular flexibility index (Phi) is 3.84. The van der Waals surface area contributed by atoms with Crippen molar-refractivity contribution in [2.45, 2.75) is 6.10 Å². The summed E-state index contributed by atoms with van der Waals surface area (Å²) in [6, 6.07) is 8.33. The van der Waals surface area contributed by atoms with E-state index < -0.39 is 6.10 Å². The Labute approximate surface area is 137 Å². The van der Waals surface area contributed by atoms with Gasteiger partial charge in [-0.3, -0.25) is 0 Å². The van der Waals surface area contributed by atoms with Crippen molar-refractivity contribution < 1.29 is 5.11 Å². The maximum absolute atomic E-state index is 11.3. The quantitative estimate of drug-likeness (QED) is 0.621. The molecular weight excluding hydrogens is 379 g/mol. The molecule has 4 nitrogen and oxygen atoms in total. The molecule has 0 aliphatic heterocycles. The van der Waals surface area contributed by atoms with Crippen molar-refractivity contribution in [3.63, 3.8) is 0 Å². The molecule has 0 saturated heterocycles. The Hall–Kier alpha value is -1.27. The summed E-state index contributed by atoms with van der Waals surface area (Å²) in [7, 11) is 0. The summed E-state index contributed by atoms with van der Waals surface area (Å²) in [5.74, 6) is 0. The zero-order valence-electron chi connectivity index (χ0n) is 10.5. The van der Waals surface area contributed by atoms with Crippen LogP contribution in [0.25, 0.3) is 11.0 Å². The lowest BCUT2D eigenvalue weighted by atomic mass is 10.0. The maximum atomic E-state index is 11.3. The fraction of sp³-hybridized carbons (Fsp3) is 0.0714. The maximum Gasteiger partial charge on any atom is 0.323 e. The average molecular weight is 388 g/mol. The van der Waals surface area contributed by atoms with Crippen LogP contribution in [0, 0.1) is 0 Å². The minimum absolute atomic E-state index is 0.297. The number of aromatic nitrogens is 2. The largest absolute Gasteiger partial charge is 0.384 e. The number of aromatic amines is 2. The van der Waals surface area contributed by atoms with Gasteiger partial charge in [-0.25, -0.2) is 4.79 Å². The first-order valence-electron chi connectivity index (χ1n) is 5.99. The number of aliphatic hydroxyl groups excluding tert-OH is 1. The molecule has 1 aromatic heterocycles. The van der Waals surface area contributed by atoms with Crippen LogP contribution in [0.2, 0.25) is 10.0 Å². The van der Waals surface area contributed by atoms with Crippen LogP contribution in [0.1, 0.15) is 17.2 Å². The van der Waals surface area contributed by atoms with Crippen LogP contribution in [0.5, 0.6) is 0 Å². The number of benzene rings is 2. The highest BCUT2D eigenvalue weighted by atomic mass is 79.9. The molecular formula is C14H9BrCl2N2O2. The molecule has 0 radical (unpaired) electrons. The van der Waals surface area contributed by atoms with Gasteiger partial charge in [0.2, 0.25) is 0 Å². The topological polar surface area (TPSA) is 68.9 Å². The summed E-state index contributed by atoms with van der Waals surface area (Å²) in [5.41, 5.74) is 2.16. The second kappa shape index (κ2) is 5.50. The van der Waals surface area contributed by atoms with Gasteiger partial charge in [0.15, 0.2) is 0 Å². The number of halogens is 3. The normalized spacial score (nSPS) is 12.8. The van der Waals surface area contributed by atoms with Crippen LogP contribution in [-0.4, -0.2) is 15.1 Å². The van der Waals surface area contributed by atoms with Crippen molar-refractivity contribution in [1.82, 2.24) is 9.97 Å². The van der Waals surface area contributed by atoms with E-state index in [0.29, 0.717) is 36.7 Å². The van der Waals surface area contributed by atoms with Crippen molar-refractivity contribution >= 4 is 50.2 Å². The monoisotopic (exact) mass is 386 g/mol. The molecule has 3 N–H and O–H groups in total. The van der Waals surface area contributed by atoms with E-state index in [0.717, 1.165) is 0 Å². The van der Waals surface area contributed by atoms with Gasteiger partial charge in [0, 0.05) is 20.1 Å². The SMILES string of the molecule is O=c1[nH]c2cc(Br)c(C(O)c3cc(Cl)cc(Cl)c3)cc2[nH]1. The lowest BCUT2D eigenvalue weighted by molar-refractivity contribution is 0.219. The second-order valence-corrected chi connectivity index (χ2v) is 6.33. The molecule has 3 rings (SSSR count). The van der Waals surface area contributed by atoms with Crippen LogP contribution < -0.4 is 5.69 Å². The third-order valence-corrected chi connectivity index (χ3v) is 4.25. The van der Waals surface area contributed by atoms with Gasteiger partial charge in [-0.1, -0.05) is 39.1 Å². The molecule has 21 heavy (non-hydrogen) atoms. The Morgan fingerprint density at radius 1 is 1.00 bits per heavy atom. The predicted octanol–water partition coefficient (Wildman–Crippen LogP) is 4.01. The minimum Gasteiger partial charge on any atom is -0.384 e. The van der Waals surface area contributed by atoms with Crippen molar-refractivity contribution in [2.24, 2.45) is 0 Å². The van der Waals surface area contributed by atoms with E-state index in [1.165, 1.54) is 0 Å². The van der Waals surface area contributed by atoms with Gasteiger partial charge >= 0.3 is 5.69 Å². The summed E-state index contributed by atoms with van der Waals surface area (Å²) in [6.45, 7) is 0. The number of hydrogen-bond donors (Lipinski definition) is 3. The zero-order chi connectivity index (χ0) is 15.1. The van der Waals surface area contributed by atoms with Crippen molar-refractivity contribution in [1.29, 1.82) is 0 Å². The molecule has 0 aliphatic rings. The molecule has 0 amide bonds. The molecule has 108 valence electrons. The van der Waals surface area contributed by atoms with Crippen LogP contribution in [-0.2, 0) is 0 Å². The van der Waals surface area contributed by atoms with Gasteiger partial charge in [0.25, 0.3) is 0 Å². The average Bonchev–Trinajstić information content (AvgIpc) is 2.75. The van der Waals surface area contributed by atoms with Crippen LogP contribution in [0.3, 0.4) is 0 Å². The molecule has 0 saturated carbocycles. The van der Waals surface area contributed by atoms with Gasteiger partial charge < -0.3 is 15.1 Å². The van der Waals surface area contributed by atoms with E-state index in [4.69, 9.17) is 23.2 Å². The fourth-order valence-electron chi connectivity index (χ4n) is 2.19. The van der Waals surface area contributed by atoms with Crippen LogP contribution >= 0.6 is 39.1 Å². The Bertz CT molecular complexity index is 868. The zero-order valence-corrected chi connectivity index (χ0v) is 13.6. The van der Waals surface area contributed by atoms with Crippen molar-refractivity contribution in [3.8, 4) is 0 Å². The smallest absolute Gasteiger partial charge is 0.323 e. The number of nitrogens with one attached hydrogen (secondary N) is 2. The van der Waals surface area contributed by atoms with Gasteiger partial charge in [-0.2, -0.15) is 0 Å². The number of rotatable bonds is 2. The molecule has 0 fully saturated rings. The first kappa shape index (κ1) is 14.7.